The number of aromatic nitrogens is 4. The Morgan fingerprint density at radius 2 is 1.88 bits per heavy atom. The Bertz CT molecular complexity index is 1640. The largest absolute Gasteiger partial charge is 0.494 e. The third kappa shape index (κ3) is 5.68. The fourth-order valence-electron chi connectivity index (χ4n) is 6.48. The number of halogens is 2. The van der Waals surface area contributed by atoms with Crippen LogP contribution in [-0.2, 0) is 16.1 Å². The Kier molecular flexibility index (Phi) is 7.57. The van der Waals surface area contributed by atoms with Crippen LogP contribution in [0.5, 0.6) is 5.75 Å². The number of methoxy groups -OCH3 is 1. The molecule has 2 aliphatic carbocycles. The Morgan fingerprint density at radius 3 is 2.57 bits per heavy atom. The zero-order valence-electron chi connectivity index (χ0n) is 23.4. The average molecular weight is 592 g/mol. The molecule has 0 unspecified atom stereocenters. The second-order valence-electron chi connectivity index (χ2n) is 11.4. The smallest absolute Gasteiger partial charge is 0.302 e. The molecular formula is C31H31ClFN5O4. The number of carbonyl (C=O) groups is 2. The number of hydrogen-bond donors (Lipinski definition) is 1. The third-order valence-electron chi connectivity index (χ3n) is 8.36. The van der Waals surface area contributed by atoms with Gasteiger partial charge < -0.3 is 14.8 Å². The van der Waals surface area contributed by atoms with E-state index in [9.17, 15) is 14.0 Å². The molecule has 11 heteroatoms. The highest BCUT2D eigenvalue weighted by molar-refractivity contribution is 6.32. The zero-order chi connectivity index (χ0) is 29.4. The quantitative estimate of drug-likeness (QED) is 0.253. The highest BCUT2D eigenvalue weighted by atomic mass is 35.5. The van der Waals surface area contributed by atoms with Crippen LogP contribution in [0.15, 0.2) is 48.9 Å². The predicted octanol–water partition coefficient (Wildman–Crippen LogP) is 5.58. The zero-order valence-corrected chi connectivity index (χ0v) is 24.2. The van der Waals surface area contributed by atoms with E-state index in [2.05, 4.69) is 20.4 Å². The minimum atomic E-state index is -0.486. The molecule has 0 bridgehead atoms. The predicted molar refractivity (Wildman–Crippen MR) is 155 cm³/mol. The maximum Gasteiger partial charge on any atom is 0.302 e. The summed E-state index contributed by atoms with van der Waals surface area (Å²) in [7, 11) is 1.41. The normalized spacial score (nSPS) is 21.0. The minimum Gasteiger partial charge on any atom is -0.494 e. The van der Waals surface area contributed by atoms with E-state index >= 15 is 0 Å². The number of nitrogens with zero attached hydrogens (tertiary/aromatic N) is 4. The lowest BCUT2D eigenvalue weighted by molar-refractivity contribution is -0.142. The second kappa shape index (κ2) is 11.3. The van der Waals surface area contributed by atoms with Gasteiger partial charge in [0.1, 0.15) is 0 Å². The number of hydrogen-bond acceptors (Lipinski definition) is 7. The molecule has 2 saturated carbocycles. The van der Waals surface area contributed by atoms with Crippen molar-refractivity contribution >= 4 is 34.4 Å². The number of rotatable bonds is 9. The van der Waals surface area contributed by atoms with E-state index in [-0.39, 0.29) is 23.7 Å². The van der Waals surface area contributed by atoms with Crippen molar-refractivity contribution in [3.05, 3.63) is 70.9 Å². The molecule has 0 radical (unpaired) electrons. The van der Waals surface area contributed by atoms with Crippen LogP contribution in [0.1, 0.15) is 54.9 Å². The van der Waals surface area contributed by atoms with Gasteiger partial charge in [-0.2, -0.15) is 5.10 Å². The number of nitrogens with one attached hydrogen (secondary N) is 1. The molecule has 2 aromatic heterocycles. The number of amides is 1. The number of benzene rings is 2. The van der Waals surface area contributed by atoms with Gasteiger partial charge in [0.25, 0.3) is 5.91 Å². The maximum absolute atomic E-state index is 14.1. The maximum atomic E-state index is 14.1. The summed E-state index contributed by atoms with van der Waals surface area (Å²) >= 11 is 6.38. The summed E-state index contributed by atoms with van der Waals surface area (Å²) in [6.45, 7) is 2.25. The van der Waals surface area contributed by atoms with Crippen molar-refractivity contribution < 1.29 is 23.5 Å². The fraction of sp³-hybridized carbons (Fsp3) is 0.387. The minimum absolute atomic E-state index is 0.112. The first-order valence-electron chi connectivity index (χ1n) is 14.0. The van der Waals surface area contributed by atoms with Gasteiger partial charge in [0.05, 0.1) is 37.5 Å². The average Bonchev–Trinajstić information content (AvgIpc) is 3.32. The molecule has 1 spiro atoms. The van der Waals surface area contributed by atoms with Gasteiger partial charge in [0.15, 0.2) is 17.4 Å². The van der Waals surface area contributed by atoms with Gasteiger partial charge in [-0.15, -0.1) is 0 Å². The molecule has 2 heterocycles. The van der Waals surface area contributed by atoms with Gasteiger partial charge >= 0.3 is 5.97 Å². The molecule has 9 nitrogen and oxygen atoms in total. The Hall–Kier alpha value is -4.05. The lowest BCUT2D eigenvalue weighted by atomic mass is 9.49. The van der Waals surface area contributed by atoms with Crippen molar-refractivity contribution in [2.75, 3.05) is 13.7 Å². The van der Waals surface area contributed by atoms with Crippen LogP contribution in [0.25, 0.3) is 22.3 Å². The molecule has 2 fully saturated rings. The summed E-state index contributed by atoms with van der Waals surface area (Å²) in [5.74, 6) is 0.225. The first kappa shape index (κ1) is 28.1. The van der Waals surface area contributed by atoms with Gasteiger partial charge in [-0.05, 0) is 73.8 Å². The van der Waals surface area contributed by atoms with Crippen LogP contribution in [0.3, 0.4) is 0 Å². The molecule has 0 atom stereocenters. The Morgan fingerprint density at radius 1 is 1.12 bits per heavy atom. The first-order valence-corrected chi connectivity index (χ1v) is 14.3. The SMILES string of the molecule is COc1ccc(-c2ncc(Cn3ncc4cc(Cl)cc(C(=O)NC5CC6(CC(CCOC(C)=O)C6)C5)c43)cn2)cc1F. The highest BCUT2D eigenvalue weighted by Gasteiger charge is 2.52. The van der Waals surface area contributed by atoms with Crippen LogP contribution in [-0.4, -0.2) is 51.4 Å². The molecule has 1 amide bonds. The number of ether oxygens (including phenoxy) is 2. The number of fused-ring (bicyclic) bond motifs is 1. The summed E-state index contributed by atoms with van der Waals surface area (Å²) in [6.07, 6.45) is 10.1. The van der Waals surface area contributed by atoms with Crippen LogP contribution < -0.4 is 10.1 Å². The van der Waals surface area contributed by atoms with E-state index in [1.165, 1.54) is 26.2 Å². The molecule has 2 aromatic carbocycles. The van der Waals surface area contributed by atoms with Gasteiger partial charge in [-0.3, -0.25) is 14.3 Å². The Balaban J connectivity index is 1.12. The van der Waals surface area contributed by atoms with Crippen molar-refractivity contribution in [1.29, 1.82) is 0 Å². The summed E-state index contributed by atoms with van der Waals surface area (Å²) < 4.78 is 25.9. The molecule has 218 valence electrons. The van der Waals surface area contributed by atoms with Gasteiger partial charge in [0.2, 0.25) is 0 Å². The van der Waals surface area contributed by atoms with Crippen molar-refractivity contribution in [2.24, 2.45) is 11.3 Å². The number of carbonyl (C=O) groups excluding carboxylic acids is 2. The molecule has 6 rings (SSSR count). The lowest BCUT2D eigenvalue weighted by Gasteiger charge is -2.58. The van der Waals surface area contributed by atoms with Crippen LogP contribution in [0, 0.1) is 17.2 Å². The van der Waals surface area contributed by atoms with E-state index in [1.54, 1.807) is 41.5 Å². The monoisotopic (exact) mass is 591 g/mol. The molecule has 0 saturated heterocycles. The summed E-state index contributed by atoms with van der Waals surface area (Å²) in [6, 6.07) is 8.15. The standard InChI is InChI=1S/C31H31ClFN5O4/c1-18(39)42-6-5-19-10-31(11-19)12-24(13-31)37-30(40)25-9-23(32)7-22-16-36-38(28(22)25)17-20-14-34-29(35-15-20)21-3-4-27(41-2)26(33)8-21/h3-4,7-9,14-16,19,24H,5-6,10-13,17H2,1-2H3,(H,37,40). The topological polar surface area (TPSA) is 108 Å². The summed E-state index contributed by atoms with van der Waals surface area (Å²) in [5.41, 5.74) is 2.76. The summed E-state index contributed by atoms with van der Waals surface area (Å²) in [5, 5.41) is 8.94. The van der Waals surface area contributed by atoms with Crippen molar-refractivity contribution in [2.45, 2.75) is 51.6 Å². The van der Waals surface area contributed by atoms with Gasteiger partial charge in [-0.25, -0.2) is 14.4 Å². The van der Waals surface area contributed by atoms with Gasteiger partial charge in [-0.1, -0.05) is 11.6 Å². The second-order valence-corrected chi connectivity index (χ2v) is 11.9. The third-order valence-corrected chi connectivity index (χ3v) is 8.58. The molecular weight excluding hydrogens is 561 g/mol. The Labute approximate surface area is 247 Å². The van der Waals surface area contributed by atoms with E-state index in [4.69, 9.17) is 21.1 Å². The van der Waals surface area contributed by atoms with Crippen molar-refractivity contribution in [3.63, 3.8) is 0 Å². The highest BCUT2D eigenvalue weighted by Crippen LogP contribution is 2.59. The number of esters is 1. The molecule has 4 aromatic rings. The van der Waals surface area contributed by atoms with Crippen LogP contribution in [0.4, 0.5) is 4.39 Å². The van der Waals surface area contributed by atoms with E-state index in [0.29, 0.717) is 52.0 Å². The molecule has 1 N–H and O–H groups in total. The molecule has 42 heavy (non-hydrogen) atoms. The van der Waals surface area contributed by atoms with Crippen molar-refractivity contribution in [3.8, 4) is 17.1 Å². The lowest BCUT2D eigenvalue weighted by Crippen LogP contribution is -2.56. The van der Waals surface area contributed by atoms with Crippen LogP contribution >= 0.6 is 11.6 Å². The van der Waals surface area contributed by atoms with Crippen LogP contribution in [0.2, 0.25) is 5.02 Å². The summed E-state index contributed by atoms with van der Waals surface area (Å²) in [4.78, 5) is 33.3. The first-order chi connectivity index (χ1) is 20.2. The molecule has 0 aliphatic heterocycles. The molecule has 2 aliphatic rings. The fourth-order valence-corrected chi connectivity index (χ4v) is 6.70. The van der Waals surface area contributed by atoms with Gasteiger partial charge in [0, 0.05) is 46.9 Å². The van der Waals surface area contributed by atoms with E-state index in [1.807, 2.05) is 0 Å². The van der Waals surface area contributed by atoms with E-state index < -0.39 is 5.82 Å². The van der Waals surface area contributed by atoms with Crippen molar-refractivity contribution in [1.82, 2.24) is 25.1 Å². The van der Waals surface area contributed by atoms with E-state index in [0.717, 1.165) is 43.1 Å².